The van der Waals surface area contributed by atoms with Crippen molar-refractivity contribution in [1.82, 2.24) is 18.8 Å². The van der Waals surface area contributed by atoms with Gasteiger partial charge >= 0.3 is 5.65 Å². The molecule has 5 rings (SSSR count). The van der Waals surface area contributed by atoms with E-state index in [9.17, 15) is 15.5 Å². The first kappa shape index (κ1) is 15.2. The van der Waals surface area contributed by atoms with Gasteiger partial charge in [0.05, 0.1) is 10.8 Å². The lowest BCUT2D eigenvalue weighted by atomic mass is 10.1. The van der Waals surface area contributed by atoms with Crippen molar-refractivity contribution < 1.29 is 10.2 Å². The Kier molecular flexibility index (Phi) is 2.59. The fraction of sp³-hybridized carbons (Fsp3) is 0. The SMILES string of the molecule is [C-]#[N+]c1nc2c3cc4c(O)n5c(C#N)c(C#N)nc5c4cc3c(O)n2c1[N+]#[C-]. The Bertz CT molecular complexity index is 1550. The molecule has 0 amide bonds. The van der Waals surface area contributed by atoms with Crippen LogP contribution in [-0.2, 0) is 0 Å². The number of rotatable bonds is 0. The predicted molar refractivity (Wildman–Crippen MR) is 95.4 cm³/mol. The van der Waals surface area contributed by atoms with E-state index in [1.807, 2.05) is 12.1 Å². The number of nitrogens with zero attached hydrogens (tertiary/aromatic N) is 8. The van der Waals surface area contributed by atoms with Crippen LogP contribution in [0, 0.1) is 35.8 Å². The average molecular weight is 364 g/mol. The maximum Gasteiger partial charge on any atom is 0.310 e. The van der Waals surface area contributed by atoms with Gasteiger partial charge in [0.2, 0.25) is 5.88 Å². The highest BCUT2D eigenvalue weighted by molar-refractivity contribution is 6.14. The first-order valence-electron chi connectivity index (χ1n) is 7.68. The van der Waals surface area contributed by atoms with Gasteiger partial charge in [0.25, 0.3) is 17.5 Å². The highest BCUT2D eigenvalue weighted by atomic mass is 16.3. The lowest BCUT2D eigenvalue weighted by molar-refractivity contribution is 0.454. The molecule has 0 aliphatic rings. The van der Waals surface area contributed by atoms with Crippen LogP contribution in [0.5, 0.6) is 11.8 Å². The summed E-state index contributed by atoms with van der Waals surface area (Å²) in [5, 5.41) is 41.3. The van der Waals surface area contributed by atoms with Gasteiger partial charge in [-0.25, -0.2) is 4.98 Å². The quantitative estimate of drug-likeness (QED) is 0.406. The second-order valence-electron chi connectivity index (χ2n) is 5.92. The van der Waals surface area contributed by atoms with Gasteiger partial charge in [-0.3, -0.25) is 4.40 Å². The maximum absolute atomic E-state index is 10.6. The molecule has 10 nitrogen and oxygen atoms in total. The first-order valence-corrected chi connectivity index (χ1v) is 7.68. The van der Waals surface area contributed by atoms with Crippen molar-refractivity contribution >= 4 is 44.5 Å². The average Bonchev–Trinajstić information content (AvgIpc) is 3.41. The Labute approximate surface area is 154 Å². The van der Waals surface area contributed by atoms with E-state index in [4.69, 9.17) is 18.4 Å². The summed E-state index contributed by atoms with van der Waals surface area (Å²) in [6.45, 7) is 14.4. The summed E-state index contributed by atoms with van der Waals surface area (Å²) in [5.74, 6) is -0.785. The topological polar surface area (TPSA) is 131 Å². The number of imidazole rings is 2. The number of hydrogen-bond acceptors (Lipinski definition) is 6. The smallest absolute Gasteiger partial charge is 0.310 e. The van der Waals surface area contributed by atoms with Gasteiger partial charge < -0.3 is 19.9 Å². The standard InChI is InChI=1S/C18H4N8O2/c1-21-13-16(22-2)26-15(24-13)8-4-9-7(3-10(8)18(26)28)14-23-11(5-19)12(6-20)25(14)17(9)27/h3-4,27-28H. The Balaban J connectivity index is 2.03. The Morgan fingerprint density at radius 1 is 0.857 bits per heavy atom. The van der Waals surface area contributed by atoms with Crippen LogP contribution in [0.3, 0.4) is 0 Å². The van der Waals surface area contributed by atoms with Crippen LogP contribution >= 0.6 is 0 Å². The number of fused-ring (bicyclic) bond motifs is 6. The van der Waals surface area contributed by atoms with Crippen LogP contribution in [0.4, 0.5) is 11.6 Å². The Morgan fingerprint density at radius 3 is 2.00 bits per heavy atom. The monoisotopic (exact) mass is 364 g/mol. The van der Waals surface area contributed by atoms with Crippen molar-refractivity contribution in [2.75, 3.05) is 0 Å². The predicted octanol–water partition coefficient (Wildman–Crippen LogP) is 2.98. The highest BCUT2D eigenvalue weighted by Gasteiger charge is 2.29. The number of nitriles is 2. The summed E-state index contributed by atoms with van der Waals surface area (Å²) in [6, 6.07) is 6.77. The van der Waals surface area contributed by atoms with Gasteiger partial charge in [-0.1, -0.05) is 18.1 Å². The Hall–Kier alpha value is -5.06. The van der Waals surface area contributed by atoms with Crippen molar-refractivity contribution in [3.8, 4) is 23.9 Å². The van der Waals surface area contributed by atoms with Crippen molar-refractivity contribution in [2.24, 2.45) is 0 Å². The summed E-state index contributed by atoms with van der Waals surface area (Å²) in [7, 11) is 0. The molecule has 128 valence electrons. The summed E-state index contributed by atoms with van der Waals surface area (Å²) in [6.07, 6.45) is 0. The Morgan fingerprint density at radius 2 is 1.46 bits per heavy atom. The van der Waals surface area contributed by atoms with Gasteiger partial charge in [0, 0.05) is 10.8 Å². The van der Waals surface area contributed by atoms with Gasteiger partial charge in [0.15, 0.2) is 11.4 Å². The van der Waals surface area contributed by atoms with Gasteiger partial charge in [0.1, 0.15) is 17.8 Å². The summed E-state index contributed by atoms with van der Waals surface area (Å²) >= 11 is 0. The minimum Gasteiger partial charge on any atom is -0.494 e. The minimum absolute atomic E-state index is 0.0911. The third-order valence-corrected chi connectivity index (χ3v) is 4.68. The molecule has 0 saturated carbocycles. The number of aromatic hydroxyl groups is 2. The molecule has 0 unspecified atom stereocenters. The van der Waals surface area contributed by atoms with Crippen LogP contribution in [0.25, 0.3) is 42.5 Å². The molecule has 0 bridgehead atoms. The summed E-state index contributed by atoms with van der Waals surface area (Å²) in [5.41, 5.74) is 0.204. The zero-order valence-electron chi connectivity index (χ0n) is 13.6. The van der Waals surface area contributed by atoms with E-state index >= 15 is 0 Å². The van der Waals surface area contributed by atoms with Crippen molar-refractivity contribution in [1.29, 1.82) is 10.5 Å². The maximum atomic E-state index is 10.6. The number of aromatic nitrogens is 4. The second-order valence-corrected chi connectivity index (χ2v) is 5.92. The zero-order valence-corrected chi connectivity index (χ0v) is 13.6. The molecule has 0 aliphatic heterocycles. The van der Waals surface area contributed by atoms with E-state index < -0.39 is 0 Å². The molecule has 10 heteroatoms. The normalized spacial score (nSPS) is 11.0. The fourth-order valence-corrected chi connectivity index (χ4v) is 3.53. The molecular formula is C18H4N8O2. The van der Waals surface area contributed by atoms with E-state index in [0.717, 1.165) is 0 Å². The summed E-state index contributed by atoms with van der Waals surface area (Å²) in [4.78, 5) is 14.7. The molecular weight excluding hydrogens is 360 g/mol. The molecule has 2 N–H and O–H groups in total. The van der Waals surface area contributed by atoms with Gasteiger partial charge in [-0.15, -0.1) is 0 Å². The van der Waals surface area contributed by atoms with Gasteiger partial charge in [-0.05, 0) is 12.1 Å². The highest BCUT2D eigenvalue weighted by Crippen LogP contribution is 2.44. The minimum atomic E-state index is -0.279. The molecule has 1 aromatic carbocycles. The van der Waals surface area contributed by atoms with Crippen molar-refractivity contribution in [3.63, 3.8) is 0 Å². The van der Waals surface area contributed by atoms with Crippen LogP contribution in [0.2, 0.25) is 0 Å². The van der Waals surface area contributed by atoms with E-state index in [1.54, 1.807) is 12.1 Å². The van der Waals surface area contributed by atoms with Crippen molar-refractivity contribution in [3.05, 3.63) is 46.4 Å². The number of benzene rings is 1. The number of hydrogen-bond donors (Lipinski definition) is 2. The lowest BCUT2D eigenvalue weighted by Gasteiger charge is -1.94. The molecule has 0 aliphatic carbocycles. The molecule has 0 saturated heterocycles. The van der Waals surface area contributed by atoms with E-state index in [0.29, 0.717) is 21.5 Å². The van der Waals surface area contributed by atoms with E-state index in [1.165, 1.54) is 8.80 Å². The second kappa shape index (κ2) is 4.76. The van der Waals surface area contributed by atoms with Crippen LogP contribution in [0.15, 0.2) is 12.1 Å². The largest absolute Gasteiger partial charge is 0.494 e. The van der Waals surface area contributed by atoms with Crippen molar-refractivity contribution in [2.45, 2.75) is 0 Å². The molecule has 0 spiro atoms. The molecule has 4 heterocycles. The third kappa shape index (κ3) is 1.48. The molecule has 5 aromatic rings. The van der Waals surface area contributed by atoms with Crippen LogP contribution in [0.1, 0.15) is 11.4 Å². The first-order chi connectivity index (χ1) is 13.5. The summed E-state index contributed by atoms with van der Waals surface area (Å²) < 4.78 is 2.36. The molecule has 0 radical (unpaired) electrons. The van der Waals surface area contributed by atoms with Crippen LogP contribution in [-0.4, -0.2) is 29.0 Å². The molecule has 28 heavy (non-hydrogen) atoms. The van der Waals surface area contributed by atoms with E-state index in [2.05, 4.69) is 19.7 Å². The zero-order chi connectivity index (χ0) is 19.7. The fourth-order valence-electron chi connectivity index (χ4n) is 3.53. The molecule has 0 fully saturated rings. The molecule has 0 atom stereocenters. The van der Waals surface area contributed by atoms with Gasteiger partial charge in [-0.2, -0.15) is 14.9 Å². The third-order valence-electron chi connectivity index (χ3n) is 4.68. The lowest BCUT2D eigenvalue weighted by Crippen LogP contribution is -1.86. The van der Waals surface area contributed by atoms with Crippen LogP contribution < -0.4 is 0 Å². The van der Waals surface area contributed by atoms with E-state index in [-0.39, 0.29) is 46.1 Å². The molecule has 4 aromatic heterocycles.